The lowest BCUT2D eigenvalue weighted by Gasteiger charge is -2.37. The molecule has 1 fully saturated rings. The van der Waals surface area contributed by atoms with Crippen LogP contribution in [0.5, 0.6) is 11.5 Å². The zero-order valence-corrected chi connectivity index (χ0v) is 18.0. The van der Waals surface area contributed by atoms with Crippen molar-refractivity contribution in [1.82, 2.24) is 9.88 Å². The summed E-state index contributed by atoms with van der Waals surface area (Å²) >= 11 is 8.07. The molecule has 0 amide bonds. The number of likely N-dealkylation sites (N-methyl/N-ethyl adjacent to an activating group) is 1. The molecule has 3 heterocycles. The fraction of sp³-hybridized carbons (Fsp3) is 0.409. The van der Waals surface area contributed by atoms with Crippen molar-refractivity contribution in [3.05, 3.63) is 47.5 Å². The molecular weight excluding hydrogens is 406 g/mol. The van der Waals surface area contributed by atoms with Crippen LogP contribution in [0.3, 0.4) is 0 Å². The average molecular weight is 430 g/mol. The maximum Gasteiger partial charge on any atom is 0.187 e. The molecule has 1 saturated heterocycles. The smallest absolute Gasteiger partial charge is 0.187 e. The maximum atomic E-state index is 6.27. The van der Waals surface area contributed by atoms with Crippen molar-refractivity contribution < 1.29 is 9.47 Å². The molecule has 2 aliphatic rings. The fourth-order valence-electron chi connectivity index (χ4n) is 4.09. The summed E-state index contributed by atoms with van der Waals surface area (Å²) in [6.45, 7) is 3.61. The van der Waals surface area contributed by atoms with Crippen LogP contribution in [0, 0.1) is 5.92 Å². The highest BCUT2D eigenvalue weighted by molar-refractivity contribution is 7.22. The van der Waals surface area contributed by atoms with E-state index < -0.39 is 0 Å². The molecular formula is C22H24ClN3O2S. The standard InChI is InChI=1S/C22H24ClN3O2S/c1-25(20-14-27-18-7-4-5-16(23)21(18)28-20)13-15-9-11-26(12-10-15)22-24-17-6-2-3-8-19(17)29-22/h2-8,15,20H,9-14H2,1H3. The maximum absolute atomic E-state index is 6.27. The molecule has 0 bridgehead atoms. The largest absolute Gasteiger partial charge is 0.484 e. The van der Waals surface area contributed by atoms with Crippen LogP contribution in [0.4, 0.5) is 5.13 Å². The molecule has 0 radical (unpaired) electrons. The van der Waals surface area contributed by atoms with E-state index in [9.17, 15) is 0 Å². The summed E-state index contributed by atoms with van der Waals surface area (Å²) in [6.07, 6.45) is 2.21. The SMILES string of the molecule is CN(CC1CCN(c2nc3ccccc3s2)CC1)C1COc2cccc(Cl)c2O1. The minimum atomic E-state index is -0.107. The zero-order valence-electron chi connectivity index (χ0n) is 16.4. The summed E-state index contributed by atoms with van der Waals surface area (Å²) in [6, 6.07) is 14.0. The Morgan fingerprint density at radius 1 is 1.17 bits per heavy atom. The van der Waals surface area contributed by atoms with E-state index in [-0.39, 0.29) is 6.23 Å². The van der Waals surface area contributed by atoms with Crippen LogP contribution in [0.25, 0.3) is 10.2 Å². The van der Waals surface area contributed by atoms with Crippen LogP contribution in [0.15, 0.2) is 42.5 Å². The van der Waals surface area contributed by atoms with Crippen LogP contribution in [0.1, 0.15) is 12.8 Å². The van der Waals surface area contributed by atoms with Gasteiger partial charge in [0.2, 0.25) is 0 Å². The number of ether oxygens (including phenoxy) is 2. The Morgan fingerprint density at radius 3 is 2.83 bits per heavy atom. The van der Waals surface area contributed by atoms with Crippen LogP contribution in [-0.4, -0.2) is 49.4 Å². The monoisotopic (exact) mass is 429 g/mol. The normalized spacial score (nSPS) is 19.8. The summed E-state index contributed by atoms with van der Waals surface area (Å²) in [5, 5.41) is 1.75. The first-order chi connectivity index (χ1) is 14.2. The summed E-state index contributed by atoms with van der Waals surface area (Å²) in [4.78, 5) is 9.49. The molecule has 7 heteroatoms. The van der Waals surface area contributed by atoms with Crippen LogP contribution >= 0.6 is 22.9 Å². The van der Waals surface area contributed by atoms with Crippen LogP contribution in [0.2, 0.25) is 5.02 Å². The topological polar surface area (TPSA) is 37.8 Å². The molecule has 2 aromatic carbocycles. The molecule has 5 nitrogen and oxygen atoms in total. The Morgan fingerprint density at radius 2 is 2.00 bits per heavy atom. The average Bonchev–Trinajstić information content (AvgIpc) is 3.18. The molecule has 1 atom stereocenters. The zero-order chi connectivity index (χ0) is 19.8. The van der Waals surface area contributed by atoms with Gasteiger partial charge in [-0.05, 0) is 50.1 Å². The summed E-state index contributed by atoms with van der Waals surface area (Å²) in [5.74, 6) is 2.02. The molecule has 152 valence electrons. The Hall–Kier alpha value is -2.02. The summed E-state index contributed by atoms with van der Waals surface area (Å²) in [7, 11) is 2.11. The van der Waals surface area contributed by atoms with Gasteiger partial charge in [0.05, 0.1) is 15.2 Å². The Bertz CT molecular complexity index is 970. The minimum Gasteiger partial charge on any atom is -0.484 e. The van der Waals surface area contributed by atoms with Gasteiger partial charge in [0, 0.05) is 19.6 Å². The molecule has 3 aromatic rings. The number of thiazole rings is 1. The number of hydrogen-bond donors (Lipinski definition) is 0. The van der Waals surface area contributed by atoms with E-state index in [1.54, 1.807) is 11.3 Å². The number of hydrogen-bond acceptors (Lipinski definition) is 6. The van der Waals surface area contributed by atoms with Gasteiger partial charge in [0.25, 0.3) is 0 Å². The van der Waals surface area contributed by atoms with Crippen molar-refractivity contribution in [1.29, 1.82) is 0 Å². The predicted octanol–water partition coefficient (Wildman–Crippen LogP) is 4.90. The lowest BCUT2D eigenvalue weighted by Crippen LogP contribution is -2.47. The highest BCUT2D eigenvalue weighted by atomic mass is 35.5. The molecule has 0 spiro atoms. The van der Waals surface area contributed by atoms with E-state index in [1.807, 2.05) is 18.2 Å². The first-order valence-corrected chi connectivity index (χ1v) is 11.3. The van der Waals surface area contributed by atoms with Gasteiger partial charge in [-0.1, -0.05) is 41.1 Å². The number of nitrogens with zero attached hydrogens (tertiary/aromatic N) is 3. The number of benzene rings is 2. The predicted molar refractivity (Wildman–Crippen MR) is 119 cm³/mol. The van der Waals surface area contributed by atoms with E-state index in [0.717, 1.165) is 48.9 Å². The number of rotatable bonds is 4. The Labute approximate surface area is 179 Å². The molecule has 0 aliphatic carbocycles. The van der Waals surface area contributed by atoms with Crippen molar-refractivity contribution in [3.8, 4) is 11.5 Å². The van der Waals surface area contributed by atoms with E-state index in [0.29, 0.717) is 23.3 Å². The van der Waals surface area contributed by atoms with E-state index >= 15 is 0 Å². The van der Waals surface area contributed by atoms with Gasteiger partial charge in [0.1, 0.15) is 6.61 Å². The number of fused-ring (bicyclic) bond motifs is 2. The number of para-hydroxylation sites is 2. The lowest BCUT2D eigenvalue weighted by atomic mass is 9.96. The van der Waals surface area contributed by atoms with Gasteiger partial charge in [-0.15, -0.1) is 0 Å². The Balaban J connectivity index is 1.17. The van der Waals surface area contributed by atoms with Gasteiger partial charge in [-0.25, -0.2) is 4.98 Å². The third-order valence-electron chi connectivity index (χ3n) is 5.77. The first-order valence-electron chi connectivity index (χ1n) is 10.1. The number of aromatic nitrogens is 1. The van der Waals surface area contributed by atoms with E-state index in [2.05, 4.69) is 41.1 Å². The first kappa shape index (κ1) is 19.0. The number of halogens is 1. The molecule has 1 aromatic heterocycles. The minimum absolute atomic E-state index is 0.107. The molecule has 2 aliphatic heterocycles. The molecule has 5 rings (SSSR count). The van der Waals surface area contributed by atoms with Crippen molar-refractivity contribution in [2.24, 2.45) is 5.92 Å². The highest BCUT2D eigenvalue weighted by Gasteiger charge is 2.29. The van der Waals surface area contributed by atoms with Crippen molar-refractivity contribution in [2.45, 2.75) is 19.1 Å². The van der Waals surface area contributed by atoms with Gasteiger partial charge < -0.3 is 14.4 Å². The quantitative estimate of drug-likeness (QED) is 0.590. The van der Waals surface area contributed by atoms with E-state index in [1.165, 1.54) is 4.70 Å². The summed E-state index contributed by atoms with van der Waals surface area (Å²) in [5.41, 5.74) is 1.10. The third-order valence-corrected chi connectivity index (χ3v) is 7.17. The molecule has 1 unspecified atom stereocenters. The van der Waals surface area contributed by atoms with Crippen LogP contribution in [-0.2, 0) is 0 Å². The molecule has 0 saturated carbocycles. The van der Waals surface area contributed by atoms with Gasteiger partial charge >= 0.3 is 0 Å². The fourth-order valence-corrected chi connectivity index (χ4v) is 5.32. The molecule has 0 N–H and O–H groups in total. The van der Waals surface area contributed by atoms with Crippen molar-refractivity contribution >= 4 is 38.3 Å². The summed E-state index contributed by atoms with van der Waals surface area (Å²) < 4.78 is 13.3. The second-order valence-corrected chi connectivity index (χ2v) is 9.20. The molecule has 29 heavy (non-hydrogen) atoms. The van der Waals surface area contributed by atoms with Gasteiger partial charge in [-0.2, -0.15) is 0 Å². The van der Waals surface area contributed by atoms with Gasteiger partial charge in [0.15, 0.2) is 22.9 Å². The second-order valence-electron chi connectivity index (χ2n) is 7.78. The number of anilines is 1. The van der Waals surface area contributed by atoms with E-state index in [4.69, 9.17) is 26.1 Å². The van der Waals surface area contributed by atoms with Crippen LogP contribution < -0.4 is 14.4 Å². The highest BCUT2D eigenvalue weighted by Crippen LogP contribution is 2.38. The Kier molecular flexibility index (Phi) is 5.24. The number of piperidine rings is 1. The van der Waals surface area contributed by atoms with Gasteiger partial charge in [-0.3, -0.25) is 4.90 Å². The van der Waals surface area contributed by atoms with Crippen molar-refractivity contribution in [2.75, 3.05) is 38.2 Å². The second kappa shape index (κ2) is 8.01. The third kappa shape index (κ3) is 3.89. The lowest BCUT2D eigenvalue weighted by molar-refractivity contribution is -0.0232. The van der Waals surface area contributed by atoms with Crippen molar-refractivity contribution in [3.63, 3.8) is 0 Å².